The van der Waals surface area contributed by atoms with Crippen molar-refractivity contribution in [3.05, 3.63) is 9.93 Å². The minimum Gasteiger partial charge on any atom is -0.412 e. The highest BCUT2D eigenvalue weighted by Gasteiger charge is 1.41. The fraction of sp³-hybridized carbons (Fsp3) is 1.00. The molecule has 0 bridgehead atoms. The van der Waals surface area contributed by atoms with Gasteiger partial charge in [0, 0.05) is 9.93 Å². The molecule has 0 fully saturated rings. The average Bonchev–Trinajstić information content (AvgIpc) is 1.78. The third-order valence-corrected chi connectivity index (χ3v) is 0. The van der Waals surface area contributed by atoms with Crippen LogP contribution < -0.4 is 0 Å². The Labute approximate surface area is 126 Å². The van der Waals surface area contributed by atoms with Gasteiger partial charge in [0.2, 0.25) is 0 Å². The Morgan fingerprint density at radius 2 is 0.786 bits per heavy atom. The van der Waals surface area contributed by atoms with Gasteiger partial charge in [-0.2, -0.15) is 0 Å². The molecule has 7 heteroatoms. The average molecular weight is 480 g/mol. The lowest BCUT2D eigenvalue weighted by molar-refractivity contribution is 0.824. The van der Waals surface area contributed by atoms with E-state index in [-0.39, 0.29) is 59.6 Å². The molecule has 0 rings (SSSR count). The third kappa shape index (κ3) is 959. The summed E-state index contributed by atoms with van der Waals surface area (Å²) in [6.07, 6.45) is 0. The number of hydrogen-bond donors (Lipinski definition) is 0. The molecule has 0 aromatic heterocycles. The molecular formula is C7H28Br4O3. The molecule has 0 aliphatic heterocycles. The Morgan fingerprint density at radius 1 is 0.786 bits per heavy atom. The fourth-order valence-electron chi connectivity index (χ4n) is 0. The zero-order valence-electron chi connectivity index (χ0n) is 4.57. The summed E-state index contributed by atoms with van der Waals surface area (Å²) in [6, 6.07) is 0. The van der Waals surface area contributed by atoms with Crippen molar-refractivity contribution in [2.45, 2.75) is 37.1 Å². The van der Waals surface area contributed by atoms with Crippen LogP contribution >= 0.6 is 64.8 Å². The van der Waals surface area contributed by atoms with E-state index in [1.54, 1.807) is 0 Å². The van der Waals surface area contributed by atoms with Gasteiger partial charge >= 0.3 is 0 Å². The first kappa shape index (κ1) is 108. The molecule has 0 aromatic carbocycles. The number of halogens is 4. The molecule has 0 saturated carbocycles. The first-order chi connectivity index (χ1) is 3.41. The first-order valence-corrected chi connectivity index (χ1v) is 4.91. The van der Waals surface area contributed by atoms with Crippen LogP contribution in [0.25, 0.3) is 0 Å². The van der Waals surface area contributed by atoms with Crippen molar-refractivity contribution in [2.24, 2.45) is 0 Å². The summed E-state index contributed by atoms with van der Waals surface area (Å²) < 4.78 is 0.875. The predicted molar refractivity (Wildman–Crippen MR) is 91.9 cm³/mol. The highest BCUT2D eigenvalue weighted by atomic mass is 79.9. The van der Waals surface area contributed by atoms with Gasteiger partial charge in [-0.05, 0) is 5.83 Å². The second kappa shape index (κ2) is 428. The lowest BCUT2D eigenvalue weighted by Gasteiger charge is -1.43. The van der Waals surface area contributed by atoms with Gasteiger partial charge < -0.3 is 5.48 Å². The molecule has 0 atom stereocenters. The quantitative estimate of drug-likeness (QED) is 0.415. The van der Waals surface area contributed by atoms with Gasteiger partial charge in [-0.25, -0.2) is 0 Å². The standard InChI is InChI=1S/CH2Br2.CH3Br.5CH4.BrH.O2.H2O/c2-1-3;1-2;;;;;;;1-2;/h1H2;1H3;5*1H4;1H;;1H2. The van der Waals surface area contributed by atoms with E-state index >= 15 is 0 Å². The van der Waals surface area contributed by atoms with Crippen molar-refractivity contribution in [1.29, 1.82) is 0 Å². The minimum absolute atomic E-state index is 0. The van der Waals surface area contributed by atoms with Crippen molar-refractivity contribution in [1.82, 2.24) is 0 Å². The van der Waals surface area contributed by atoms with E-state index in [0.29, 0.717) is 0 Å². The smallest absolute Gasteiger partial charge is 0.0588 e. The van der Waals surface area contributed by atoms with Crippen LogP contribution in [0.15, 0.2) is 0 Å². The Bertz CT molecular complexity index is 24.9. The van der Waals surface area contributed by atoms with Crippen LogP contribution in [0, 0.1) is 9.93 Å². The lowest BCUT2D eigenvalue weighted by Crippen LogP contribution is -1.19. The van der Waals surface area contributed by atoms with E-state index in [2.05, 4.69) is 47.8 Å². The third-order valence-electron chi connectivity index (χ3n) is 0. The molecule has 0 aliphatic rings. The Balaban J connectivity index is -0.00000000174. The molecule has 102 valence electrons. The monoisotopic (exact) mass is 476 g/mol. The molecule has 14 heavy (non-hydrogen) atoms. The number of alkyl halides is 3. The van der Waals surface area contributed by atoms with Gasteiger partial charge in [0.1, 0.15) is 0 Å². The molecule has 0 unspecified atom stereocenters. The topological polar surface area (TPSA) is 65.6 Å². The van der Waals surface area contributed by atoms with Crippen molar-refractivity contribution >= 4 is 64.8 Å². The Kier molecular flexibility index (Phi) is 3300. The van der Waals surface area contributed by atoms with Crippen LogP contribution in [0.3, 0.4) is 0 Å². The summed E-state index contributed by atoms with van der Waals surface area (Å²) >= 11 is 9.06. The summed E-state index contributed by atoms with van der Waals surface area (Å²) in [5, 5.41) is 0. The van der Waals surface area contributed by atoms with E-state index in [9.17, 15) is 0 Å². The maximum absolute atomic E-state index is 7.00. The van der Waals surface area contributed by atoms with Crippen molar-refractivity contribution < 1.29 is 5.48 Å². The van der Waals surface area contributed by atoms with Crippen LogP contribution in [0.5, 0.6) is 0 Å². The summed E-state index contributed by atoms with van der Waals surface area (Å²) in [5.41, 5.74) is 0. The molecule has 2 N–H and O–H groups in total. The van der Waals surface area contributed by atoms with Gasteiger partial charge in [0.05, 0.1) is 4.24 Å². The summed E-state index contributed by atoms with van der Waals surface area (Å²) in [4.78, 5) is 14.0. The summed E-state index contributed by atoms with van der Waals surface area (Å²) in [6.45, 7) is 0. The van der Waals surface area contributed by atoms with Gasteiger partial charge in [0.25, 0.3) is 0 Å². The number of rotatable bonds is 0. The van der Waals surface area contributed by atoms with Gasteiger partial charge in [0.15, 0.2) is 0 Å². The Morgan fingerprint density at radius 3 is 0.786 bits per heavy atom. The van der Waals surface area contributed by atoms with Crippen LogP contribution in [0.2, 0.25) is 0 Å². The van der Waals surface area contributed by atoms with E-state index in [0.717, 1.165) is 4.24 Å². The van der Waals surface area contributed by atoms with Gasteiger partial charge in [-0.3, -0.25) is 0 Å². The Hall–Kier alpha value is 1.48. The molecule has 0 amide bonds. The van der Waals surface area contributed by atoms with Crippen molar-refractivity contribution in [3.63, 3.8) is 0 Å². The highest BCUT2D eigenvalue weighted by molar-refractivity contribution is 9.24. The molecule has 3 nitrogen and oxygen atoms in total. The fourth-order valence-corrected chi connectivity index (χ4v) is 0. The van der Waals surface area contributed by atoms with Crippen molar-refractivity contribution in [3.8, 4) is 0 Å². The zero-order valence-corrected chi connectivity index (χ0v) is 11.0. The van der Waals surface area contributed by atoms with E-state index in [1.165, 1.54) is 0 Å². The van der Waals surface area contributed by atoms with Crippen LogP contribution in [-0.2, 0) is 0 Å². The summed E-state index contributed by atoms with van der Waals surface area (Å²) in [5.74, 6) is 1.81. The van der Waals surface area contributed by atoms with Crippen LogP contribution in [0.1, 0.15) is 37.1 Å². The van der Waals surface area contributed by atoms with Crippen molar-refractivity contribution in [2.75, 3.05) is 10.1 Å². The second-order valence-electron chi connectivity index (χ2n) is 0.101. The minimum atomic E-state index is 0. The first-order valence-electron chi connectivity index (χ1n) is 1.08. The van der Waals surface area contributed by atoms with E-state index < -0.39 is 0 Å². The maximum atomic E-state index is 7.00. The van der Waals surface area contributed by atoms with Crippen LogP contribution in [-0.4, -0.2) is 15.5 Å². The molecule has 0 aliphatic carbocycles. The summed E-state index contributed by atoms with van der Waals surface area (Å²) in [7, 11) is 0. The maximum Gasteiger partial charge on any atom is 0.0588 e. The normalized spacial score (nSPS) is 2.00. The van der Waals surface area contributed by atoms with E-state index in [4.69, 9.17) is 9.93 Å². The molecular weight excluding hydrogens is 452 g/mol. The van der Waals surface area contributed by atoms with Crippen LogP contribution in [0.4, 0.5) is 0 Å². The lowest BCUT2D eigenvalue weighted by atomic mass is 12.0. The second-order valence-corrected chi connectivity index (χ2v) is 2.73. The zero-order chi connectivity index (χ0) is 6.71. The molecule has 0 aromatic rings. The molecule has 0 spiro atoms. The van der Waals surface area contributed by atoms with E-state index in [1.807, 2.05) is 5.83 Å². The SMILES string of the molecule is Br.BrCBr.C.C.C.C.C.CBr.O.O=O. The van der Waals surface area contributed by atoms with Gasteiger partial charge in [-0.15, -0.1) is 17.0 Å². The molecule has 0 radical (unpaired) electrons. The largest absolute Gasteiger partial charge is 0.412 e. The highest BCUT2D eigenvalue weighted by Crippen LogP contribution is 1.83. The number of hydrogen-bond acceptors (Lipinski definition) is 2. The predicted octanol–water partition coefficient (Wildman–Crippen LogP) is 5.75. The molecule has 0 heterocycles. The molecule has 0 saturated heterocycles. The van der Waals surface area contributed by atoms with Gasteiger partial charge in [-0.1, -0.05) is 84.9 Å².